The molecule has 3 nitrogen and oxygen atoms in total. The highest BCUT2D eigenvalue weighted by molar-refractivity contribution is 6.04. The Labute approximate surface area is 115 Å². The second kappa shape index (κ2) is 5.69. The smallest absolute Gasteiger partial charge is 0.258 e. The lowest BCUT2D eigenvalue weighted by Gasteiger charge is -2.09. The minimum Gasteiger partial charge on any atom is -0.398 e. The monoisotopic (exact) mass is 276 g/mol. The molecule has 0 spiro atoms. The molecule has 0 aliphatic rings. The summed E-state index contributed by atoms with van der Waals surface area (Å²) >= 11 is 0. The molecule has 2 rings (SSSR count). The third-order valence-electron chi connectivity index (χ3n) is 2.96. The Bertz CT molecular complexity index is 656. The highest BCUT2D eigenvalue weighted by atomic mass is 19.1. The van der Waals surface area contributed by atoms with Crippen LogP contribution in [0.15, 0.2) is 36.4 Å². The van der Waals surface area contributed by atoms with Gasteiger partial charge in [0.25, 0.3) is 5.91 Å². The van der Waals surface area contributed by atoms with E-state index in [9.17, 15) is 13.6 Å². The molecule has 0 aliphatic carbocycles. The molecule has 0 unspecified atom stereocenters. The van der Waals surface area contributed by atoms with Crippen molar-refractivity contribution in [3.05, 3.63) is 59.2 Å². The fourth-order valence-electron chi connectivity index (χ4n) is 1.87. The maximum Gasteiger partial charge on any atom is 0.258 e. The normalized spacial score (nSPS) is 10.3. The number of benzene rings is 2. The van der Waals surface area contributed by atoms with Crippen LogP contribution in [-0.4, -0.2) is 5.91 Å². The van der Waals surface area contributed by atoms with Crippen molar-refractivity contribution >= 4 is 17.3 Å². The van der Waals surface area contributed by atoms with E-state index in [-0.39, 0.29) is 5.56 Å². The Morgan fingerprint density at radius 2 is 1.95 bits per heavy atom. The first-order chi connectivity index (χ1) is 9.51. The van der Waals surface area contributed by atoms with E-state index in [1.54, 1.807) is 18.2 Å². The second-order valence-electron chi connectivity index (χ2n) is 4.35. The number of nitrogens with one attached hydrogen (secondary N) is 1. The standard InChI is InChI=1S/C15H14F2N2O/c1-2-9-3-5-11(8-14(9)18)19-15(20)12-6-4-10(16)7-13(12)17/h3-8H,2,18H2,1H3,(H,19,20). The van der Waals surface area contributed by atoms with E-state index in [2.05, 4.69) is 5.32 Å². The fourth-order valence-corrected chi connectivity index (χ4v) is 1.87. The van der Waals surface area contributed by atoms with Gasteiger partial charge in [-0.15, -0.1) is 0 Å². The van der Waals surface area contributed by atoms with Crippen LogP contribution in [0.4, 0.5) is 20.2 Å². The number of carbonyl (C=O) groups excluding carboxylic acids is 1. The summed E-state index contributed by atoms with van der Waals surface area (Å²) < 4.78 is 26.3. The summed E-state index contributed by atoms with van der Waals surface area (Å²) in [6.45, 7) is 1.97. The zero-order valence-electron chi connectivity index (χ0n) is 10.9. The van der Waals surface area contributed by atoms with E-state index in [1.165, 1.54) is 0 Å². The Kier molecular flexibility index (Phi) is 3.98. The summed E-state index contributed by atoms with van der Waals surface area (Å²) in [5, 5.41) is 2.53. The van der Waals surface area contributed by atoms with E-state index in [0.29, 0.717) is 17.4 Å². The molecule has 20 heavy (non-hydrogen) atoms. The van der Waals surface area contributed by atoms with Crippen LogP contribution >= 0.6 is 0 Å². The minimum atomic E-state index is -0.902. The van der Waals surface area contributed by atoms with Gasteiger partial charge in [-0.2, -0.15) is 0 Å². The van der Waals surface area contributed by atoms with Crippen LogP contribution in [0.1, 0.15) is 22.8 Å². The average Bonchev–Trinajstić information content (AvgIpc) is 2.38. The molecular formula is C15H14F2N2O. The van der Waals surface area contributed by atoms with Crippen LogP contribution in [0.5, 0.6) is 0 Å². The maximum atomic E-state index is 13.5. The highest BCUT2D eigenvalue weighted by Gasteiger charge is 2.13. The van der Waals surface area contributed by atoms with E-state index in [1.807, 2.05) is 6.92 Å². The van der Waals surface area contributed by atoms with Crippen LogP contribution in [0, 0.1) is 11.6 Å². The molecule has 2 aromatic carbocycles. The predicted octanol–water partition coefficient (Wildman–Crippen LogP) is 3.36. The molecule has 0 aliphatic heterocycles. The lowest BCUT2D eigenvalue weighted by molar-refractivity contribution is 0.102. The number of nitrogens with two attached hydrogens (primary N) is 1. The molecule has 2 aromatic rings. The van der Waals surface area contributed by atoms with Gasteiger partial charge in [0, 0.05) is 17.4 Å². The van der Waals surface area contributed by atoms with Crippen LogP contribution in [0.25, 0.3) is 0 Å². The van der Waals surface area contributed by atoms with Gasteiger partial charge in [-0.05, 0) is 36.2 Å². The Morgan fingerprint density at radius 1 is 1.20 bits per heavy atom. The maximum absolute atomic E-state index is 13.5. The van der Waals surface area contributed by atoms with Crippen LogP contribution < -0.4 is 11.1 Å². The molecule has 0 fully saturated rings. The van der Waals surface area contributed by atoms with Gasteiger partial charge >= 0.3 is 0 Å². The molecule has 1 amide bonds. The SMILES string of the molecule is CCc1ccc(NC(=O)c2ccc(F)cc2F)cc1N. The number of carbonyl (C=O) groups is 1. The number of hydrogen-bond acceptors (Lipinski definition) is 2. The van der Waals surface area contributed by atoms with Crippen LogP contribution in [0.3, 0.4) is 0 Å². The quantitative estimate of drug-likeness (QED) is 0.844. The minimum absolute atomic E-state index is 0.218. The first-order valence-electron chi connectivity index (χ1n) is 6.16. The summed E-state index contributed by atoms with van der Waals surface area (Å²) in [5.74, 6) is -2.28. The lowest BCUT2D eigenvalue weighted by atomic mass is 10.1. The number of halogens is 2. The van der Waals surface area contributed by atoms with Gasteiger partial charge in [-0.3, -0.25) is 4.79 Å². The van der Waals surface area contributed by atoms with E-state index in [0.717, 1.165) is 24.1 Å². The fraction of sp³-hybridized carbons (Fsp3) is 0.133. The molecule has 0 heterocycles. The lowest BCUT2D eigenvalue weighted by Crippen LogP contribution is -2.14. The molecule has 0 saturated heterocycles. The molecule has 0 atom stereocenters. The third kappa shape index (κ3) is 2.93. The zero-order valence-corrected chi connectivity index (χ0v) is 10.9. The van der Waals surface area contributed by atoms with Gasteiger partial charge in [0.15, 0.2) is 0 Å². The van der Waals surface area contributed by atoms with Crippen molar-refractivity contribution in [3.8, 4) is 0 Å². The van der Waals surface area contributed by atoms with Gasteiger partial charge in [0.05, 0.1) is 5.56 Å². The van der Waals surface area contributed by atoms with Crippen LogP contribution in [-0.2, 0) is 6.42 Å². The number of aryl methyl sites for hydroxylation is 1. The number of amides is 1. The largest absolute Gasteiger partial charge is 0.398 e. The van der Waals surface area contributed by atoms with E-state index in [4.69, 9.17) is 5.73 Å². The molecule has 3 N–H and O–H groups in total. The summed E-state index contributed by atoms with van der Waals surface area (Å²) in [5.41, 5.74) is 7.60. The van der Waals surface area contributed by atoms with Crippen molar-refractivity contribution < 1.29 is 13.6 Å². The Morgan fingerprint density at radius 3 is 2.55 bits per heavy atom. The highest BCUT2D eigenvalue weighted by Crippen LogP contribution is 2.19. The van der Waals surface area contributed by atoms with E-state index >= 15 is 0 Å². The van der Waals surface area contributed by atoms with Crippen LogP contribution in [0.2, 0.25) is 0 Å². The van der Waals surface area contributed by atoms with Gasteiger partial charge in [0.1, 0.15) is 11.6 Å². The van der Waals surface area contributed by atoms with Crippen molar-refractivity contribution in [2.45, 2.75) is 13.3 Å². The first kappa shape index (κ1) is 14.0. The molecule has 0 bridgehead atoms. The Balaban J connectivity index is 2.21. The van der Waals surface area contributed by atoms with Gasteiger partial charge in [0.2, 0.25) is 0 Å². The van der Waals surface area contributed by atoms with Crippen molar-refractivity contribution in [1.29, 1.82) is 0 Å². The Hall–Kier alpha value is -2.43. The van der Waals surface area contributed by atoms with Crippen molar-refractivity contribution in [2.24, 2.45) is 0 Å². The summed E-state index contributed by atoms with van der Waals surface area (Å²) in [6, 6.07) is 7.90. The molecule has 5 heteroatoms. The van der Waals surface area contributed by atoms with Gasteiger partial charge < -0.3 is 11.1 Å². The average molecular weight is 276 g/mol. The van der Waals surface area contributed by atoms with Crippen molar-refractivity contribution in [3.63, 3.8) is 0 Å². The molecule has 0 saturated carbocycles. The molecule has 0 aromatic heterocycles. The summed E-state index contributed by atoms with van der Waals surface area (Å²) in [7, 11) is 0. The summed E-state index contributed by atoms with van der Waals surface area (Å²) in [4.78, 5) is 11.9. The molecule has 104 valence electrons. The molecular weight excluding hydrogens is 262 g/mol. The third-order valence-corrected chi connectivity index (χ3v) is 2.96. The number of nitrogen functional groups attached to an aromatic ring is 1. The first-order valence-corrected chi connectivity index (χ1v) is 6.16. The topological polar surface area (TPSA) is 55.1 Å². The summed E-state index contributed by atoms with van der Waals surface area (Å²) in [6.07, 6.45) is 0.784. The van der Waals surface area contributed by atoms with E-state index < -0.39 is 17.5 Å². The number of anilines is 2. The zero-order chi connectivity index (χ0) is 14.7. The second-order valence-corrected chi connectivity index (χ2v) is 4.35. The number of hydrogen-bond donors (Lipinski definition) is 2. The number of rotatable bonds is 3. The van der Waals surface area contributed by atoms with Crippen molar-refractivity contribution in [1.82, 2.24) is 0 Å². The van der Waals surface area contributed by atoms with Gasteiger partial charge in [-0.1, -0.05) is 13.0 Å². The molecule has 0 radical (unpaired) electrons. The van der Waals surface area contributed by atoms with Crippen molar-refractivity contribution in [2.75, 3.05) is 11.1 Å². The van der Waals surface area contributed by atoms with Gasteiger partial charge in [-0.25, -0.2) is 8.78 Å². The predicted molar refractivity (Wildman–Crippen MR) is 74.5 cm³/mol.